The van der Waals surface area contributed by atoms with Crippen molar-refractivity contribution in [2.24, 2.45) is 0 Å². The van der Waals surface area contributed by atoms with E-state index in [2.05, 4.69) is 5.32 Å². The Hall–Kier alpha value is -3.08. The van der Waals surface area contributed by atoms with E-state index in [0.717, 1.165) is 5.69 Å². The van der Waals surface area contributed by atoms with Crippen molar-refractivity contribution < 1.29 is 19.1 Å². The van der Waals surface area contributed by atoms with Crippen LogP contribution in [0.25, 0.3) is 0 Å². The molecular weight excluding hydrogens is 306 g/mol. The normalized spacial score (nSPS) is 10.4. The van der Waals surface area contributed by atoms with Crippen LogP contribution in [-0.2, 0) is 4.74 Å². The van der Waals surface area contributed by atoms with E-state index >= 15 is 0 Å². The lowest BCUT2D eigenvalue weighted by atomic mass is 10.1. The van der Waals surface area contributed by atoms with Crippen molar-refractivity contribution in [2.75, 3.05) is 19.0 Å². The Morgan fingerprint density at radius 2 is 1.83 bits per heavy atom. The van der Waals surface area contributed by atoms with Gasteiger partial charge >= 0.3 is 5.97 Å². The zero-order valence-electron chi connectivity index (χ0n) is 13.6. The van der Waals surface area contributed by atoms with Crippen LogP contribution in [0.3, 0.4) is 0 Å². The number of ether oxygens (including phenoxy) is 2. The molecule has 0 aliphatic carbocycles. The van der Waals surface area contributed by atoms with E-state index in [1.54, 1.807) is 68.8 Å². The molecule has 24 heavy (non-hydrogen) atoms. The molecule has 2 aromatic carbocycles. The van der Waals surface area contributed by atoms with Gasteiger partial charge in [-0.15, -0.1) is 0 Å². The quantitative estimate of drug-likeness (QED) is 0.478. The second kappa shape index (κ2) is 8.53. The molecule has 0 saturated heterocycles. The molecule has 1 N–H and O–H groups in total. The van der Waals surface area contributed by atoms with Crippen LogP contribution in [-0.4, -0.2) is 25.5 Å². The van der Waals surface area contributed by atoms with E-state index in [-0.39, 0.29) is 11.8 Å². The Morgan fingerprint density at radius 1 is 1.08 bits per heavy atom. The molecule has 0 aliphatic heterocycles. The third-order valence-electron chi connectivity index (χ3n) is 3.23. The molecule has 0 aromatic heterocycles. The Morgan fingerprint density at radius 3 is 2.50 bits per heavy atom. The minimum Gasteiger partial charge on any atom is -0.497 e. The predicted molar refractivity (Wildman–Crippen MR) is 92.5 cm³/mol. The molecule has 2 rings (SSSR count). The number of hydrogen-bond acceptors (Lipinski definition) is 5. The first-order valence-corrected chi connectivity index (χ1v) is 7.52. The van der Waals surface area contributed by atoms with Crippen molar-refractivity contribution in [1.29, 1.82) is 0 Å². The third kappa shape index (κ3) is 4.71. The second-order valence-electron chi connectivity index (χ2n) is 4.87. The van der Waals surface area contributed by atoms with Gasteiger partial charge < -0.3 is 14.8 Å². The fourth-order valence-electron chi connectivity index (χ4n) is 2.00. The number of nitrogens with one attached hydrogen (secondary N) is 1. The van der Waals surface area contributed by atoms with E-state index in [0.29, 0.717) is 23.5 Å². The molecule has 5 heteroatoms. The summed E-state index contributed by atoms with van der Waals surface area (Å²) in [5.41, 5.74) is 1.79. The first-order valence-electron chi connectivity index (χ1n) is 7.52. The predicted octanol–water partition coefficient (Wildman–Crippen LogP) is 3.68. The topological polar surface area (TPSA) is 64.6 Å². The van der Waals surface area contributed by atoms with Crippen LogP contribution in [0, 0.1) is 0 Å². The van der Waals surface area contributed by atoms with Crippen molar-refractivity contribution >= 4 is 17.4 Å². The number of carbonyl (C=O) groups excluding carboxylic acids is 2. The molecule has 124 valence electrons. The van der Waals surface area contributed by atoms with Crippen molar-refractivity contribution in [1.82, 2.24) is 0 Å². The van der Waals surface area contributed by atoms with E-state index in [4.69, 9.17) is 9.47 Å². The van der Waals surface area contributed by atoms with E-state index in [9.17, 15) is 9.59 Å². The van der Waals surface area contributed by atoms with Gasteiger partial charge in [-0.25, -0.2) is 4.79 Å². The number of allylic oxidation sites excluding steroid dienone is 1. The number of methoxy groups -OCH3 is 1. The third-order valence-corrected chi connectivity index (χ3v) is 3.23. The van der Waals surface area contributed by atoms with E-state index in [1.165, 1.54) is 6.08 Å². The largest absolute Gasteiger partial charge is 0.497 e. The van der Waals surface area contributed by atoms with Gasteiger partial charge in [-0.1, -0.05) is 12.1 Å². The number of rotatable bonds is 7. The maximum absolute atomic E-state index is 12.1. The highest BCUT2D eigenvalue weighted by Gasteiger charge is 2.05. The Kier molecular flexibility index (Phi) is 6.14. The molecule has 0 saturated carbocycles. The smallest absolute Gasteiger partial charge is 0.338 e. The minimum atomic E-state index is -0.354. The van der Waals surface area contributed by atoms with Gasteiger partial charge in [0.05, 0.1) is 19.3 Å². The van der Waals surface area contributed by atoms with Gasteiger partial charge in [0.25, 0.3) is 0 Å². The molecule has 2 aromatic rings. The summed E-state index contributed by atoms with van der Waals surface area (Å²) in [5, 5.41) is 2.99. The van der Waals surface area contributed by atoms with E-state index < -0.39 is 0 Å². The number of carbonyl (C=O) groups is 2. The summed E-state index contributed by atoms with van der Waals surface area (Å²) in [4.78, 5) is 23.6. The molecule has 0 bridgehead atoms. The molecular formula is C19H19NO4. The molecule has 0 heterocycles. The summed E-state index contributed by atoms with van der Waals surface area (Å²) in [6, 6.07) is 13.8. The van der Waals surface area contributed by atoms with Crippen molar-refractivity contribution in [3.63, 3.8) is 0 Å². The summed E-state index contributed by atoms with van der Waals surface area (Å²) < 4.78 is 10.0. The van der Waals surface area contributed by atoms with Gasteiger partial charge in [-0.3, -0.25) is 4.79 Å². The molecule has 0 unspecified atom stereocenters. The highest BCUT2D eigenvalue weighted by atomic mass is 16.5. The summed E-state index contributed by atoms with van der Waals surface area (Å²) in [6.07, 6.45) is 3.00. The van der Waals surface area contributed by atoms with Gasteiger partial charge in [-0.05, 0) is 43.3 Å². The van der Waals surface area contributed by atoms with Crippen LogP contribution < -0.4 is 10.1 Å². The summed E-state index contributed by atoms with van der Waals surface area (Å²) in [7, 11) is 1.56. The summed E-state index contributed by atoms with van der Waals surface area (Å²) in [6.45, 7) is 2.10. The minimum absolute atomic E-state index is 0.135. The fourth-order valence-corrected chi connectivity index (χ4v) is 2.00. The summed E-state index contributed by atoms with van der Waals surface area (Å²) in [5.74, 6) is 0.147. The van der Waals surface area contributed by atoms with Crippen LogP contribution in [0.5, 0.6) is 5.75 Å². The lowest BCUT2D eigenvalue weighted by Gasteiger charge is -2.04. The zero-order chi connectivity index (χ0) is 17.4. The molecule has 5 nitrogen and oxygen atoms in total. The number of hydrogen-bond donors (Lipinski definition) is 1. The van der Waals surface area contributed by atoms with Crippen LogP contribution in [0.15, 0.2) is 60.8 Å². The SMILES string of the molecule is CCOC(=O)c1ccc(N/C=C\C(=O)c2cccc(OC)c2)cc1. The van der Waals surface area contributed by atoms with Crippen molar-refractivity contribution in [3.8, 4) is 5.75 Å². The Balaban J connectivity index is 1.95. The van der Waals surface area contributed by atoms with Crippen LogP contribution in [0.4, 0.5) is 5.69 Å². The van der Waals surface area contributed by atoms with Gasteiger partial charge in [-0.2, -0.15) is 0 Å². The summed E-state index contributed by atoms with van der Waals surface area (Å²) >= 11 is 0. The molecule has 0 atom stereocenters. The zero-order valence-corrected chi connectivity index (χ0v) is 13.6. The van der Waals surface area contributed by atoms with Crippen LogP contribution in [0.1, 0.15) is 27.6 Å². The number of ketones is 1. The average Bonchev–Trinajstić information content (AvgIpc) is 2.62. The highest BCUT2D eigenvalue weighted by Crippen LogP contribution is 2.14. The first-order chi connectivity index (χ1) is 11.6. The van der Waals surface area contributed by atoms with E-state index in [1.807, 2.05) is 0 Å². The molecule has 0 radical (unpaired) electrons. The maximum atomic E-state index is 12.1. The van der Waals surface area contributed by atoms with Crippen LogP contribution in [0.2, 0.25) is 0 Å². The second-order valence-corrected chi connectivity index (χ2v) is 4.87. The Bertz CT molecular complexity index is 735. The van der Waals surface area contributed by atoms with Gasteiger partial charge in [0.2, 0.25) is 0 Å². The number of anilines is 1. The lowest BCUT2D eigenvalue weighted by Crippen LogP contribution is -2.04. The standard InChI is InChI=1S/C19H19NO4/c1-3-24-19(22)14-7-9-16(10-8-14)20-12-11-18(21)15-5-4-6-17(13-15)23-2/h4-13,20H,3H2,1-2H3/b12-11-. The van der Waals surface area contributed by atoms with Crippen LogP contribution >= 0.6 is 0 Å². The fraction of sp³-hybridized carbons (Fsp3) is 0.158. The van der Waals surface area contributed by atoms with Crippen molar-refractivity contribution in [3.05, 3.63) is 71.9 Å². The molecule has 0 amide bonds. The van der Waals surface area contributed by atoms with Gasteiger partial charge in [0.1, 0.15) is 5.75 Å². The molecule has 0 aliphatic rings. The lowest BCUT2D eigenvalue weighted by molar-refractivity contribution is 0.0526. The first kappa shape index (κ1) is 17.3. The van der Waals surface area contributed by atoms with Gasteiger partial charge in [0, 0.05) is 23.5 Å². The average molecular weight is 325 g/mol. The monoisotopic (exact) mass is 325 g/mol. The number of benzene rings is 2. The van der Waals surface area contributed by atoms with Gasteiger partial charge in [0.15, 0.2) is 5.78 Å². The Labute approximate surface area is 140 Å². The maximum Gasteiger partial charge on any atom is 0.338 e. The molecule has 0 spiro atoms. The molecule has 0 fully saturated rings. The number of esters is 1. The highest BCUT2D eigenvalue weighted by molar-refractivity contribution is 6.04. The van der Waals surface area contributed by atoms with Crippen molar-refractivity contribution in [2.45, 2.75) is 6.92 Å².